The molecule has 160 valence electrons. The number of hydrogen-bond acceptors (Lipinski definition) is 4. The van der Waals surface area contributed by atoms with Gasteiger partial charge in [-0.05, 0) is 49.9 Å². The number of carbonyl (C=O) groups is 1. The second-order valence-corrected chi connectivity index (χ2v) is 8.22. The van der Waals surface area contributed by atoms with E-state index in [0.29, 0.717) is 18.8 Å². The van der Waals surface area contributed by atoms with Crippen LogP contribution in [0.25, 0.3) is 0 Å². The molecule has 0 aliphatic carbocycles. The molecule has 6 heteroatoms. The standard InChI is InChI=1S/C25H28N4O2/c1-17-8-7-11-22(18(17)2)27-24(30)16-29-19(3)26-23-15-28(13-12-21(23)25(29)31)14-20-9-5-4-6-10-20/h4-11H,12-16H2,1-3H3,(H,27,30). The van der Waals surface area contributed by atoms with Gasteiger partial charge in [0.2, 0.25) is 5.91 Å². The summed E-state index contributed by atoms with van der Waals surface area (Å²) in [6.07, 6.45) is 0.646. The van der Waals surface area contributed by atoms with Gasteiger partial charge in [0.25, 0.3) is 5.56 Å². The summed E-state index contributed by atoms with van der Waals surface area (Å²) in [5.41, 5.74) is 5.63. The smallest absolute Gasteiger partial charge is 0.257 e. The first-order chi connectivity index (χ1) is 14.9. The van der Waals surface area contributed by atoms with Crippen LogP contribution in [0.3, 0.4) is 0 Å². The first kappa shape index (κ1) is 21.0. The third-order valence-corrected chi connectivity index (χ3v) is 6.02. The maximum atomic E-state index is 13.1. The van der Waals surface area contributed by atoms with Crippen LogP contribution in [0.1, 0.15) is 33.8 Å². The number of nitrogens with one attached hydrogen (secondary N) is 1. The van der Waals surface area contributed by atoms with Gasteiger partial charge in [-0.3, -0.25) is 19.1 Å². The van der Waals surface area contributed by atoms with Crippen molar-refractivity contribution in [1.29, 1.82) is 0 Å². The fourth-order valence-corrected chi connectivity index (χ4v) is 4.08. The van der Waals surface area contributed by atoms with E-state index >= 15 is 0 Å². The fourth-order valence-electron chi connectivity index (χ4n) is 4.08. The Morgan fingerprint density at radius 3 is 2.61 bits per heavy atom. The lowest BCUT2D eigenvalue weighted by Gasteiger charge is -2.28. The van der Waals surface area contributed by atoms with Crippen molar-refractivity contribution in [2.75, 3.05) is 11.9 Å². The molecule has 1 amide bonds. The molecule has 0 bridgehead atoms. The average molecular weight is 417 g/mol. The number of carbonyl (C=O) groups excluding carboxylic acids is 1. The molecule has 0 radical (unpaired) electrons. The van der Waals surface area contributed by atoms with Crippen LogP contribution in [-0.2, 0) is 30.8 Å². The average Bonchev–Trinajstić information content (AvgIpc) is 2.75. The van der Waals surface area contributed by atoms with Crippen molar-refractivity contribution in [2.45, 2.75) is 46.8 Å². The van der Waals surface area contributed by atoms with Crippen LogP contribution in [-0.4, -0.2) is 26.9 Å². The SMILES string of the molecule is Cc1cccc(NC(=O)Cn2c(C)nc3c(c2=O)CCN(Cc2ccccc2)C3)c1C. The number of benzene rings is 2. The van der Waals surface area contributed by atoms with Gasteiger partial charge in [-0.25, -0.2) is 4.98 Å². The molecular weight excluding hydrogens is 388 g/mol. The molecule has 1 aliphatic heterocycles. The second-order valence-electron chi connectivity index (χ2n) is 8.22. The van der Waals surface area contributed by atoms with E-state index in [1.54, 1.807) is 6.92 Å². The predicted octanol–water partition coefficient (Wildman–Crippen LogP) is 3.37. The van der Waals surface area contributed by atoms with E-state index in [1.807, 2.05) is 50.2 Å². The Labute approximate surface area is 182 Å². The van der Waals surface area contributed by atoms with E-state index in [2.05, 4.69) is 22.3 Å². The van der Waals surface area contributed by atoms with Crippen molar-refractivity contribution in [2.24, 2.45) is 0 Å². The van der Waals surface area contributed by atoms with Gasteiger partial charge in [0, 0.05) is 30.9 Å². The molecule has 2 aromatic carbocycles. The zero-order valence-corrected chi connectivity index (χ0v) is 18.3. The highest BCUT2D eigenvalue weighted by Gasteiger charge is 2.23. The molecule has 0 saturated carbocycles. The number of anilines is 1. The van der Waals surface area contributed by atoms with E-state index in [-0.39, 0.29) is 18.0 Å². The summed E-state index contributed by atoms with van der Waals surface area (Å²) in [6.45, 7) is 8.03. The third-order valence-electron chi connectivity index (χ3n) is 6.02. The van der Waals surface area contributed by atoms with E-state index in [4.69, 9.17) is 4.98 Å². The van der Waals surface area contributed by atoms with Crippen LogP contribution in [0.2, 0.25) is 0 Å². The zero-order valence-electron chi connectivity index (χ0n) is 18.3. The Morgan fingerprint density at radius 2 is 1.84 bits per heavy atom. The molecule has 3 aromatic rings. The number of rotatable bonds is 5. The number of amides is 1. The fraction of sp³-hybridized carbons (Fsp3) is 0.320. The van der Waals surface area contributed by atoms with Gasteiger partial charge in [0.1, 0.15) is 12.4 Å². The van der Waals surface area contributed by atoms with Crippen LogP contribution in [0.15, 0.2) is 53.3 Å². The molecule has 1 aromatic heterocycles. The van der Waals surface area contributed by atoms with Gasteiger partial charge in [-0.1, -0.05) is 42.5 Å². The Morgan fingerprint density at radius 1 is 1.06 bits per heavy atom. The normalized spacial score (nSPS) is 13.6. The van der Waals surface area contributed by atoms with E-state index < -0.39 is 0 Å². The molecule has 1 aliphatic rings. The van der Waals surface area contributed by atoms with Crippen LogP contribution in [0.4, 0.5) is 5.69 Å². The Kier molecular flexibility index (Phi) is 6.00. The minimum absolute atomic E-state index is 0.0357. The first-order valence-electron chi connectivity index (χ1n) is 10.6. The van der Waals surface area contributed by atoms with Gasteiger partial charge in [-0.15, -0.1) is 0 Å². The molecule has 0 saturated heterocycles. The maximum absolute atomic E-state index is 13.1. The predicted molar refractivity (Wildman–Crippen MR) is 122 cm³/mol. The Balaban J connectivity index is 1.50. The van der Waals surface area contributed by atoms with E-state index in [1.165, 1.54) is 10.1 Å². The van der Waals surface area contributed by atoms with Crippen LogP contribution in [0.5, 0.6) is 0 Å². The number of aromatic nitrogens is 2. The third kappa shape index (κ3) is 4.59. The molecule has 0 unspecified atom stereocenters. The molecule has 0 spiro atoms. The molecule has 0 fully saturated rings. The lowest BCUT2D eigenvalue weighted by Crippen LogP contribution is -2.39. The summed E-state index contributed by atoms with van der Waals surface area (Å²) < 4.78 is 1.49. The van der Waals surface area contributed by atoms with Crippen molar-refractivity contribution < 1.29 is 4.79 Å². The van der Waals surface area contributed by atoms with Crippen LogP contribution in [0, 0.1) is 20.8 Å². The molecule has 2 heterocycles. The number of fused-ring (bicyclic) bond motifs is 1. The largest absolute Gasteiger partial charge is 0.324 e. The summed E-state index contributed by atoms with van der Waals surface area (Å²) in [5.74, 6) is 0.351. The number of nitrogens with zero attached hydrogens (tertiary/aromatic N) is 3. The molecule has 1 N–H and O–H groups in total. The van der Waals surface area contributed by atoms with Crippen LogP contribution < -0.4 is 10.9 Å². The minimum Gasteiger partial charge on any atom is -0.324 e. The van der Waals surface area contributed by atoms with Gasteiger partial charge in [-0.2, -0.15) is 0 Å². The summed E-state index contributed by atoms with van der Waals surface area (Å²) >= 11 is 0. The first-order valence-corrected chi connectivity index (χ1v) is 10.6. The second kappa shape index (κ2) is 8.86. The monoisotopic (exact) mass is 416 g/mol. The van der Waals surface area contributed by atoms with Gasteiger partial charge in [0.15, 0.2) is 0 Å². The Bertz CT molecular complexity index is 1170. The molecule has 0 atom stereocenters. The van der Waals surface area contributed by atoms with Crippen molar-refractivity contribution in [3.05, 3.63) is 92.7 Å². The number of aryl methyl sites for hydroxylation is 2. The summed E-state index contributed by atoms with van der Waals surface area (Å²) in [7, 11) is 0. The lowest BCUT2D eigenvalue weighted by atomic mass is 10.1. The van der Waals surface area contributed by atoms with Crippen molar-refractivity contribution in [1.82, 2.24) is 14.5 Å². The molecule has 6 nitrogen and oxygen atoms in total. The minimum atomic E-state index is -0.220. The van der Waals surface area contributed by atoms with Crippen molar-refractivity contribution in [3.63, 3.8) is 0 Å². The molecule has 4 rings (SSSR count). The number of hydrogen-bond donors (Lipinski definition) is 1. The maximum Gasteiger partial charge on any atom is 0.257 e. The summed E-state index contributed by atoms with van der Waals surface area (Å²) in [5, 5.41) is 2.93. The highest BCUT2D eigenvalue weighted by Crippen LogP contribution is 2.19. The van der Waals surface area contributed by atoms with E-state index in [0.717, 1.165) is 41.2 Å². The highest BCUT2D eigenvalue weighted by atomic mass is 16.2. The van der Waals surface area contributed by atoms with Crippen LogP contribution >= 0.6 is 0 Å². The van der Waals surface area contributed by atoms with Gasteiger partial charge in [0.05, 0.1) is 5.69 Å². The van der Waals surface area contributed by atoms with Crippen molar-refractivity contribution in [3.8, 4) is 0 Å². The highest BCUT2D eigenvalue weighted by molar-refractivity contribution is 5.91. The van der Waals surface area contributed by atoms with Gasteiger partial charge >= 0.3 is 0 Å². The summed E-state index contributed by atoms with van der Waals surface area (Å²) in [4.78, 5) is 32.8. The van der Waals surface area contributed by atoms with Crippen molar-refractivity contribution >= 4 is 11.6 Å². The quantitative estimate of drug-likeness (QED) is 0.693. The molecule has 31 heavy (non-hydrogen) atoms. The van der Waals surface area contributed by atoms with Gasteiger partial charge < -0.3 is 5.32 Å². The zero-order chi connectivity index (χ0) is 22.0. The topological polar surface area (TPSA) is 67.2 Å². The van der Waals surface area contributed by atoms with E-state index in [9.17, 15) is 9.59 Å². The summed E-state index contributed by atoms with van der Waals surface area (Å²) in [6, 6.07) is 16.1. The molecular formula is C25H28N4O2. The lowest BCUT2D eigenvalue weighted by molar-refractivity contribution is -0.116. The Hall–Kier alpha value is -3.25.